The monoisotopic (exact) mass is 338 g/mol. The predicted octanol–water partition coefficient (Wildman–Crippen LogP) is 0.923. The SMILES string of the molecule is CC12CCC(C(S(=O)(=O)[O-])C1=O)C2(C)C.[Ag+]. The largest absolute Gasteiger partial charge is 1.00 e. The van der Waals surface area contributed by atoms with Crippen molar-refractivity contribution in [2.45, 2.75) is 38.9 Å². The third kappa shape index (κ3) is 1.49. The van der Waals surface area contributed by atoms with E-state index in [1.807, 2.05) is 13.8 Å². The van der Waals surface area contributed by atoms with Crippen molar-refractivity contribution in [3.63, 3.8) is 0 Å². The van der Waals surface area contributed by atoms with Gasteiger partial charge < -0.3 is 4.55 Å². The zero-order valence-corrected chi connectivity index (χ0v) is 11.7. The minimum absolute atomic E-state index is 0. The van der Waals surface area contributed by atoms with E-state index in [0.717, 1.165) is 0 Å². The number of fused-ring (bicyclic) bond motifs is 2. The number of carbonyl (C=O) groups excluding carboxylic acids is 1. The van der Waals surface area contributed by atoms with Crippen molar-refractivity contribution in [2.75, 3.05) is 0 Å². The Bertz CT molecular complexity index is 428. The number of hydrogen-bond acceptors (Lipinski definition) is 4. The minimum Gasteiger partial charge on any atom is -0.747 e. The second-order valence-corrected chi connectivity index (χ2v) is 6.97. The van der Waals surface area contributed by atoms with Crippen molar-refractivity contribution < 1.29 is 40.1 Å². The van der Waals surface area contributed by atoms with Crippen LogP contribution in [0.25, 0.3) is 0 Å². The van der Waals surface area contributed by atoms with Gasteiger partial charge in [0, 0.05) is 5.41 Å². The normalized spacial score (nSPS) is 40.9. The first-order valence-corrected chi connectivity index (χ1v) is 6.58. The molecule has 0 radical (unpaired) electrons. The first-order chi connectivity index (χ1) is 6.62. The molecule has 3 atom stereocenters. The Morgan fingerprint density at radius 1 is 1.31 bits per heavy atom. The third-order valence-corrected chi connectivity index (χ3v) is 5.95. The number of carbonyl (C=O) groups is 1. The van der Waals surface area contributed by atoms with Crippen molar-refractivity contribution in [2.24, 2.45) is 16.7 Å². The summed E-state index contributed by atoms with van der Waals surface area (Å²) in [7, 11) is -4.49. The van der Waals surface area contributed by atoms with Gasteiger partial charge in [0.15, 0.2) is 5.78 Å². The molecule has 0 heterocycles. The standard InChI is InChI=1S/C10H16O4S.Ag/c1-9(2)6-4-5-10(9,3)8(11)7(6)15(12,13)14;/h6-7H,4-5H2,1-3H3,(H,12,13,14);/q;+1/p-1. The molecule has 3 unspecified atom stereocenters. The van der Waals surface area contributed by atoms with Crippen LogP contribution in [0.15, 0.2) is 0 Å². The molecule has 4 nitrogen and oxygen atoms in total. The van der Waals surface area contributed by atoms with Crippen molar-refractivity contribution in [3.05, 3.63) is 0 Å². The van der Waals surface area contributed by atoms with Crippen LogP contribution in [-0.4, -0.2) is 24.0 Å². The Balaban J connectivity index is 0.00000128. The van der Waals surface area contributed by atoms with Gasteiger partial charge in [0.25, 0.3) is 0 Å². The fourth-order valence-electron chi connectivity index (χ4n) is 3.34. The van der Waals surface area contributed by atoms with E-state index < -0.39 is 20.8 Å². The van der Waals surface area contributed by atoms with Gasteiger partial charge >= 0.3 is 22.4 Å². The molecular formula is C10H15AgO4S. The fraction of sp³-hybridized carbons (Fsp3) is 0.900. The quantitative estimate of drug-likeness (QED) is 0.526. The summed E-state index contributed by atoms with van der Waals surface area (Å²) in [6.45, 7) is 5.59. The second kappa shape index (κ2) is 3.65. The van der Waals surface area contributed by atoms with E-state index in [2.05, 4.69) is 0 Å². The average molecular weight is 339 g/mol. The zero-order valence-electron chi connectivity index (χ0n) is 9.41. The fourth-order valence-corrected chi connectivity index (χ4v) is 4.74. The van der Waals surface area contributed by atoms with Crippen LogP contribution in [0.2, 0.25) is 0 Å². The van der Waals surface area contributed by atoms with Crippen LogP contribution in [0.1, 0.15) is 33.6 Å². The Kier molecular flexibility index (Phi) is 3.28. The van der Waals surface area contributed by atoms with Gasteiger partial charge in [0.05, 0.1) is 0 Å². The van der Waals surface area contributed by atoms with Crippen LogP contribution in [-0.2, 0) is 37.3 Å². The maximum Gasteiger partial charge on any atom is 1.00 e. The molecule has 0 aromatic rings. The summed E-state index contributed by atoms with van der Waals surface area (Å²) in [6.07, 6.45) is 1.37. The van der Waals surface area contributed by atoms with Gasteiger partial charge in [0.1, 0.15) is 15.4 Å². The van der Waals surface area contributed by atoms with Crippen LogP contribution in [0.5, 0.6) is 0 Å². The summed E-state index contributed by atoms with van der Waals surface area (Å²) in [6, 6.07) is 0. The summed E-state index contributed by atoms with van der Waals surface area (Å²) in [5.41, 5.74) is -0.994. The maximum atomic E-state index is 12.0. The van der Waals surface area contributed by atoms with Gasteiger partial charge in [-0.1, -0.05) is 20.8 Å². The molecule has 96 valence electrons. The molecular weight excluding hydrogens is 324 g/mol. The number of ketones is 1. The van der Waals surface area contributed by atoms with Crippen molar-refractivity contribution in [3.8, 4) is 0 Å². The number of hydrogen-bond donors (Lipinski definition) is 0. The van der Waals surface area contributed by atoms with E-state index in [0.29, 0.717) is 12.8 Å². The topological polar surface area (TPSA) is 74.3 Å². The van der Waals surface area contributed by atoms with Gasteiger partial charge in [0.2, 0.25) is 0 Å². The van der Waals surface area contributed by atoms with Gasteiger partial charge in [-0.3, -0.25) is 4.79 Å². The molecule has 0 saturated heterocycles. The summed E-state index contributed by atoms with van der Waals surface area (Å²) >= 11 is 0. The smallest absolute Gasteiger partial charge is 0.747 e. The number of Topliss-reactive ketones (excluding diaryl/α,β-unsaturated/α-hetero) is 1. The molecule has 2 aliphatic carbocycles. The molecule has 0 spiro atoms. The van der Waals surface area contributed by atoms with Crippen LogP contribution in [0.3, 0.4) is 0 Å². The van der Waals surface area contributed by atoms with Crippen LogP contribution in [0, 0.1) is 16.7 Å². The van der Waals surface area contributed by atoms with E-state index >= 15 is 0 Å². The Morgan fingerprint density at radius 2 is 1.81 bits per heavy atom. The summed E-state index contributed by atoms with van der Waals surface area (Å²) in [5.74, 6) is -0.656. The number of rotatable bonds is 1. The van der Waals surface area contributed by atoms with Gasteiger partial charge in [-0.25, -0.2) is 8.42 Å². The van der Waals surface area contributed by atoms with Crippen molar-refractivity contribution >= 4 is 15.9 Å². The first kappa shape index (κ1) is 14.4. The Labute approximate surface area is 111 Å². The van der Waals surface area contributed by atoms with Crippen molar-refractivity contribution in [1.29, 1.82) is 0 Å². The molecule has 16 heavy (non-hydrogen) atoms. The molecule has 6 heteroatoms. The average Bonchev–Trinajstić information content (AvgIpc) is 2.33. The molecule has 0 aromatic carbocycles. The van der Waals surface area contributed by atoms with E-state index in [4.69, 9.17) is 0 Å². The zero-order chi connectivity index (χ0) is 11.6. The predicted molar refractivity (Wildman–Crippen MR) is 53.1 cm³/mol. The van der Waals surface area contributed by atoms with E-state index in [9.17, 15) is 17.8 Å². The van der Waals surface area contributed by atoms with Crippen LogP contribution < -0.4 is 0 Å². The molecule has 2 saturated carbocycles. The molecule has 2 fully saturated rings. The van der Waals surface area contributed by atoms with Crippen LogP contribution >= 0.6 is 0 Å². The molecule has 0 aliphatic heterocycles. The molecule has 2 aliphatic rings. The molecule has 0 N–H and O–H groups in total. The summed E-state index contributed by atoms with van der Waals surface area (Å²) < 4.78 is 33.3. The maximum absolute atomic E-state index is 12.0. The van der Waals surface area contributed by atoms with Gasteiger partial charge in [-0.15, -0.1) is 0 Å². The summed E-state index contributed by atoms with van der Waals surface area (Å²) in [4.78, 5) is 12.0. The summed E-state index contributed by atoms with van der Waals surface area (Å²) in [5, 5.41) is -1.30. The first-order valence-electron chi connectivity index (χ1n) is 5.11. The van der Waals surface area contributed by atoms with Gasteiger partial charge in [-0.2, -0.15) is 0 Å². The van der Waals surface area contributed by atoms with Gasteiger partial charge in [-0.05, 0) is 24.2 Å². The molecule has 0 amide bonds. The minimum atomic E-state index is -4.49. The Hall–Kier alpha value is 0.320. The third-order valence-electron chi connectivity index (χ3n) is 4.78. The van der Waals surface area contributed by atoms with Crippen molar-refractivity contribution in [1.82, 2.24) is 0 Å². The van der Waals surface area contributed by atoms with E-state index in [1.54, 1.807) is 6.92 Å². The molecule has 0 aromatic heterocycles. The Morgan fingerprint density at radius 3 is 2.06 bits per heavy atom. The molecule has 2 bridgehead atoms. The van der Waals surface area contributed by atoms with Crippen LogP contribution in [0.4, 0.5) is 0 Å². The van der Waals surface area contributed by atoms with E-state index in [1.165, 1.54) is 0 Å². The molecule has 2 rings (SSSR count). The van der Waals surface area contributed by atoms with E-state index in [-0.39, 0.29) is 39.5 Å². The second-order valence-electron chi connectivity index (χ2n) is 5.48.